The lowest BCUT2D eigenvalue weighted by Gasteiger charge is -2.15. The highest BCUT2D eigenvalue weighted by Gasteiger charge is 2.31. The maximum atomic E-state index is 10.4. The van der Waals surface area contributed by atoms with Gasteiger partial charge in [-0.15, -0.1) is 11.8 Å². The Morgan fingerprint density at radius 2 is 2.08 bits per heavy atom. The molecule has 0 spiro atoms. The summed E-state index contributed by atoms with van der Waals surface area (Å²) < 4.78 is 0. The van der Waals surface area contributed by atoms with Gasteiger partial charge < -0.3 is 15.8 Å². The Labute approximate surface area is 160 Å². The number of halogens is 1. The van der Waals surface area contributed by atoms with E-state index in [1.54, 1.807) is 11.8 Å². The van der Waals surface area contributed by atoms with Crippen LogP contribution in [0.25, 0.3) is 11.0 Å². The molecule has 1 saturated heterocycles. The SMILES string of the molecule is Nc1ncnc2c(CN3C[C@H](CSc4ccc(Cl)cc4)[C@@H](O)C3)c[nH]c12. The first-order valence-electron chi connectivity index (χ1n) is 8.45. The summed E-state index contributed by atoms with van der Waals surface area (Å²) in [6, 6.07) is 7.82. The van der Waals surface area contributed by atoms with Gasteiger partial charge in [0.15, 0.2) is 5.82 Å². The van der Waals surface area contributed by atoms with Crippen LogP contribution in [0.3, 0.4) is 0 Å². The van der Waals surface area contributed by atoms with Crippen LogP contribution in [0.5, 0.6) is 0 Å². The molecule has 2 aromatic heterocycles. The predicted molar refractivity (Wildman–Crippen MR) is 105 cm³/mol. The van der Waals surface area contributed by atoms with Crippen LogP contribution in [0.15, 0.2) is 41.7 Å². The zero-order valence-corrected chi connectivity index (χ0v) is 15.7. The average Bonchev–Trinajstić information content (AvgIpc) is 3.19. The number of anilines is 1. The number of rotatable bonds is 5. The Hall–Kier alpha value is -1.80. The fraction of sp³-hybridized carbons (Fsp3) is 0.333. The molecule has 3 heterocycles. The number of hydrogen-bond donors (Lipinski definition) is 3. The van der Waals surface area contributed by atoms with Gasteiger partial charge in [0.25, 0.3) is 0 Å². The lowest BCUT2D eigenvalue weighted by Crippen LogP contribution is -2.21. The normalized spacial score (nSPS) is 20.8. The first-order valence-corrected chi connectivity index (χ1v) is 9.81. The molecule has 4 rings (SSSR count). The van der Waals surface area contributed by atoms with Crippen molar-refractivity contribution >= 4 is 40.2 Å². The number of nitrogens with one attached hydrogen (secondary N) is 1. The molecule has 0 amide bonds. The van der Waals surface area contributed by atoms with Crippen LogP contribution in [0.1, 0.15) is 5.56 Å². The van der Waals surface area contributed by atoms with E-state index in [1.807, 2.05) is 30.5 Å². The number of nitrogen functional groups attached to an aromatic ring is 1. The van der Waals surface area contributed by atoms with E-state index in [2.05, 4.69) is 19.9 Å². The zero-order chi connectivity index (χ0) is 18.1. The number of fused-ring (bicyclic) bond motifs is 1. The Morgan fingerprint density at radius 3 is 2.88 bits per heavy atom. The number of β-amino-alcohol motifs (C(OH)–C–C–N with tert-alkyl or cyclic N) is 1. The van der Waals surface area contributed by atoms with E-state index >= 15 is 0 Å². The van der Waals surface area contributed by atoms with Crippen LogP contribution in [0, 0.1) is 5.92 Å². The molecule has 136 valence electrons. The van der Waals surface area contributed by atoms with Crippen LogP contribution >= 0.6 is 23.4 Å². The van der Waals surface area contributed by atoms with Crippen LogP contribution < -0.4 is 5.73 Å². The molecule has 0 unspecified atom stereocenters. The molecule has 1 aliphatic heterocycles. The van der Waals surface area contributed by atoms with E-state index in [4.69, 9.17) is 17.3 Å². The van der Waals surface area contributed by atoms with Crippen molar-refractivity contribution in [3.8, 4) is 0 Å². The third-order valence-electron chi connectivity index (χ3n) is 4.73. The first-order chi connectivity index (χ1) is 12.6. The van der Waals surface area contributed by atoms with E-state index < -0.39 is 0 Å². The number of likely N-dealkylation sites (tertiary alicyclic amines) is 1. The second-order valence-electron chi connectivity index (χ2n) is 6.58. The van der Waals surface area contributed by atoms with Crippen molar-refractivity contribution in [3.63, 3.8) is 0 Å². The Balaban J connectivity index is 1.38. The minimum absolute atomic E-state index is 0.237. The second kappa shape index (κ2) is 7.44. The highest BCUT2D eigenvalue weighted by molar-refractivity contribution is 7.99. The number of benzene rings is 1. The Morgan fingerprint density at radius 1 is 1.27 bits per heavy atom. The Kier molecular flexibility index (Phi) is 5.04. The highest BCUT2D eigenvalue weighted by atomic mass is 35.5. The van der Waals surface area contributed by atoms with Crippen molar-refractivity contribution in [2.24, 2.45) is 5.92 Å². The molecule has 1 aliphatic rings. The molecule has 26 heavy (non-hydrogen) atoms. The van der Waals surface area contributed by atoms with Crippen molar-refractivity contribution in [1.29, 1.82) is 0 Å². The van der Waals surface area contributed by atoms with Gasteiger partial charge in [-0.1, -0.05) is 11.6 Å². The van der Waals surface area contributed by atoms with Crippen LogP contribution in [0.4, 0.5) is 5.82 Å². The van der Waals surface area contributed by atoms with Crippen LogP contribution in [-0.4, -0.2) is 49.9 Å². The maximum absolute atomic E-state index is 10.4. The van der Waals surface area contributed by atoms with Gasteiger partial charge in [-0.05, 0) is 24.3 Å². The van der Waals surface area contributed by atoms with Crippen molar-refractivity contribution in [3.05, 3.63) is 47.4 Å². The van der Waals surface area contributed by atoms with Gasteiger partial charge in [0.05, 0.1) is 11.6 Å². The van der Waals surface area contributed by atoms with Gasteiger partial charge in [0.2, 0.25) is 0 Å². The topological polar surface area (TPSA) is 91.1 Å². The highest BCUT2D eigenvalue weighted by Crippen LogP contribution is 2.29. The predicted octanol–water partition coefficient (Wildman–Crippen LogP) is 2.78. The van der Waals surface area contributed by atoms with E-state index in [-0.39, 0.29) is 12.0 Å². The molecule has 2 atom stereocenters. The van der Waals surface area contributed by atoms with Crippen LogP contribution in [0.2, 0.25) is 5.02 Å². The average molecular weight is 390 g/mol. The molecule has 8 heteroatoms. The largest absolute Gasteiger partial charge is 0.391 e. The van der Waals surface area contributed by atoms with E-state index in [9.17, 15) is 5.11 Å². The van der Waals surface area contributed by atoms with Crippen molar-refractivity contribution in [2.75, 3.05) is 24.6 Å². The monoisotopic (exact) mass is 389 g/mol. The third kappa shape index (κ3) is 3.66. The number of H-pyrrole nitrogens is 1. The minimum atomic E-state index is -0.320. The van der Waals surface area contributed by atoms with E-state index in [1.165, 1.54) is 11.2 Å². The number of nitrogens with two attached hydrogens (primary N) is 1. The molecule has 1 fully saturated rings. The van der Waals surface area contributed by atoms with Crippen LogP contribution in [-0.2, 0) is 6.54 Å². The van der Waals surface area contributed by atoms with Crippen molar-refractivity contribution in [2.45, 2.75) is 17.5 Å². The summed E-state index contributed by atoms with van der Waals surface area (Å²) in [4.78, 5) is 14.9. The van der Waals surface area contributed by atoms with Gasteiger partial charge in [-0.2, -0.15) is 0 Å². The number of hydrogen-bond acceptors (Lipinski definition) is 6. The maximum Gasteiger partial charge on any atom is 0.151 e. The molecule has 1 aromatic carbocycles. The quantitative estimate of drug-likeness (QED) is 0.581. The minimum Gasteiger partial charge on any atom is -0.391 e. The summed E-state index contributed by atoms with van der Waals surface area (Å²) in [6.07, 6.45) is 3.09. The molecule has 0 saturated carbocycles. The number of aliphatic hydroxyl groups is 1. The van der Waals surface area contributed by atoms with Gasteiger partial charge in [0.1, 0.15) is 11.8 Å². The summed E-state index contributed by atoms with van der Waals surface area (Å²) >= 11 is 7.68. The molecule has 0 radical (unpaired) electrons. The Bertz CT molecular complexity index is 900. The molecule has 4 N–H and O–H groups in total. The lowest BCUT2D eigenvalue weighted by atomic mass is 10.1. The van der Waals surface area contributed by atoms with Gasteiger partial charge in [-0.3, -0.25) is 4.90 Å². The molecule has 3 aromatic rings. The summed E-state index contributed by atoms with van der Waals surface area (Å²) in [5.41, 5.74) is 8.58. The fourth-order valence-electron chi connectivity index (χ4n) is 3.34. The summed E-state index contributed by atoms with van der Waals surface area (Å²) in [6.45, 7) is 2.25. The number of nitrogens with zero attached hydrogens (tertiary/aromatic N) is 3. The summed E-state index contributed by atoms with van der Waals surface area (Å²) in [5.74, 6) is 1.57. The number of aromatic amines is 1. The van der Waals surface area contributed by atoms with Gasteiger partial charge >= 0.3 is 0 Å². The third-order valence-corrected chi connectivity index (χ3v) is 6.18. The molecule has 0 bridgehead atoms. The number of aromatic nitrogens is 3. The number of thioether (sulfide) groups is 1. The standard InChI is InChI=1S/C18H20ClN5OS/c19-13-1-3-14(4-2-13)26-9-12-7-24(8-15(12)25)6-11-5-21-17-16(11)22-10-23-18(17)20/h1-5,10,12,15,21,25H,6-9H2,(H2,20,22,23)/t12-,15+/m1/s1. The molecular weight excluding hydrogens is 370 g/mol. The summed E-state index contributed by atoms with van der Waals surface area (Å²) in [5, 5.41) is 11.2. The van der Waals surface area contributed by atoms with Gasteiger partial charge in [0, 0.05) is 53.0 Å². The lowest BCUT2D eigenvalue weighted by molar-refractivity contribution is 0.149. The second-order valence-corrected chi connectivity index (χ2v) is 8.11. The van der Waals surface area contributed by atoms with Crippen molar-refractivity contribution in [1.82, 2.24) is 19.9 Å². The molecular formula is C18H20ClN5OS. The first kappa shape index (κ1) is 17.6. The zero-order valence-electron chi connectivity index (χ0n) is 14.1. The van der Waals surface area contributed by atoms with Crippen molar-refractivity contribution < 1.29 is 5.11 Å². The van der Waals surface area contributed by atoms with Gasteiger partial charge in [-0.25, -0.2) is 9.97 Å². The van der Waals surface area contributed by atoms with E-state index in [0.717, 1.165) is 40.5 Å². The fourth-order valence-corrected chi connectivity index (χ4v) is 4.53. The van der Waals surface area contributed by atoms with E-state index in [0.29, 0.717) is 12.4 Å². The molecule has 6 nitrogen and oxygen atoms in total. The molecule has 0 aliphatic carbocycles. The number of aliphatic hydroxyl groups excluding tert-OH is 1. The summed E-state index contributed by atoms with van der Waals surface area (Å²) in [7, 11) is 0. The smallest absolute Gasteiger partial charge is 0.151 e.